The Morgan fingerprint density at radius 1 is 1.30 bits per heavy atom. The van der Waals surface area contributed by atoms with E-state index in [0.717, 1.165) is 12.5 Å². The van der Waals surface area contributed by atoms with Crippen molar-refractivity contribution in [1.29, 1.82) is 0 Å². The third kappa shape index (κ3) is 2.84. The van der Waals surface area contributed by atoms with Crippen molar-refractivity contribution in [3.63, 3.8) is 0 Å². The van der Waals surface area contributed by atoms with Crippen LogP contribution < -0.4 is 4.90 Å². The van der Waals surface area contributed by atoms with E-state index in [2.05, 4.69) is 34.8 Å². The Morgan fingerprint density at radius 2 is 2.00 bits per heavy atom. The standard InChI is InChI=1S/C17H17BrF2N2O/c1-9-15(18)14-11(20)6-10(19)7-12(14)21-16(9)22-8-17(2,3)5-4-13(22)23/h6-7H,4-5,8H2,1-3H3. The molecular formula is C17H17BrF2N2O. The molecule has 1 aromatic carbocycles. The second kappa shape index (κ2) is 5.51. The van der Waals surface area contributed by atoms with Crippen LogP contribution >= 0.6 is 15.9 Å². The maximum absolute atomic E-state index is 14.1. The number of piperidine rings is 1. The first kappa shape index (κ1) is 16.3. The van der Waals surface area contributed by atoms with Crippen LogP contribution in [0.4, 0.5) is 14.6 Å². The van der Waals surface area contributed by atoms with Crippen molar-refractivity contribution in [2.45, 2.75) is 33.6 Å². The maximum atomic E-state index is 14.1. The second-order valence-electron chi connectivity index (χ2n) is 6.80. The summed E-state index contributed by atoms with van der Waals surface area (Å²) >= 11 is 3.38. The van der Waals surface area contributed by atoms with E-state index < -0.39 is 11.6 Å². The number of benzene rings is 1. The first-order valence-electron chi connectivity index (χ1n) is 7.45. The Labute approximate surface area is 141 Å². The fraction of sp³-hybridized carbons (Fsp3) is 0.412. The second-order valence-corrected chi connectivity index (χ2v) is 7.59. The Kier molecular flexibility index (Phi) is 3.91. The topological polar surface area (TPSA) is 33.2 Å². The number of amides is 1. The molecule has 0 atom stereocenters. The molecule has 122 valence electrons. The van der Waals surface area contributed by atoms with Crippen molar-refractivity contribution in [1.82, 2.24) is 4.98 Å². The van der Waals surface area contributed by atoms with Crippen molar-refractivity contribution >= 4 is 38.6 Å². The molecule has 0 N–H and O–H groups in total. The molecule has 2 heterocycles. The molecule has 1 fully saturated rings. The van der Waals surface area contributed by atoms with Gasteiger partial charge in [0.1, 0.15) is 17.5 Å². The summed E-state index contributed by atoms with van der Waals surface area (Å²) < 4.78 is 28.1. The van der Waals surface area contributed by atoms with Crippen LogP contribution in [0.25, 0.3) is 10.9 Å². The van der Waals surface area contributed by atoms with Crippen molar-refractivity contribution in [2.24, 2.45) is 5.41 Å². The highest BCUT2D eigenvalue weighted by atomic mass is 79.9. The van der Waals surface area contributed by atoms with Crippen molar-refractivity contribution in [3.05, 3.63) is 33.8 Å². The lowest BCUT2D eigenvalue weighted by molar-refractivity contribution is -0.121. The zero-order valence-electron chi connectivity index (χ0n) is 13.2. The average Bonchev–Trinajstić information content (AvgIpc) is 2.45. The Balaban J connectivity index is 2.22. The molecule has 0 saturated carbocycles. The molecule has 1 saturated heterocycles. The lowest BCUT2D eigenvalue weighted by Gasteiger charge is -2.38. The largest absolute Gasteiger partial charge is 0.296 e. The third-order valence-corrected chi connectivity index (χ3v) is 5.29. The molecule has 0 radical (unpaired) electrons. The minimum Gasteiger partial charge on any atom is -0.296 e. The summed E-state index contributed by atoms with van der Waals surface area (Å²) in [6.07, 6.45) is 1.26. The van der Waals surface area contributed by atoms with E-state index in [1.54, 1.807) is 11.8 Å². The zero-order chi connectivity index (χ0) is 16.9. The van der Waals surface area contributed by atoms with Gasteiger partial charge in [-0.05, 0) is 34.7 Å². The highest BCUT2D eigenvalue weighted by Crippen LogP contribution is 2.38. The van der Waals surface area contributed by atoms with E-state index in [-0.39, 0.29) is 22.2 Å². The Morgan fingerprint density at radius 3 is 2.70 bits per heavy atom. The SMILES string of the molecule is Cc1c(N2CC(C)(C)CCC2=O)nc2cc(F)cc(F)c2c1Br. The summed E-state index contributed by atoms with van der Waals surface area (Å²) in [7, 11) is 0. The predicted molar refractivity (Wildman–Crippen MR) is 89.5 cm³/mol. The molecule has 1 aromatic heterocycles. The van der Waals surface area contributed by atoms with E-state index in [9.17, 15) is 13.6 Å². The molecule has 2 aromatic rings. The number of pyridine rings is 1. The summed E-state index contributed by atoms with van der Waals surface area (Å²) in [6, 6.07) is 2.02. The van der Waals surface area contributed by atoms with Gasteiger partial charge >= 0.3 is 0 Å². The van der Waals surface area contributed by atoms with Crippen LogP contribution in [0.5, 0.6) is 0 Å². The molecule has 1 aliphatic heterocycles. The minimum atomic E-state index is -0.686. The van der Waals surface area contributed by atoms with Gasteiger partial charge in [-0.2, -0.15) is 0 Å². The fourth-order valence-corrected chi connectivity index (χ4v) is 3.55. The first-order chi connectivity index (χ1) is 10.7. The van der Waals surface area contributed by atoms with Gasteiger partial charge in [0.2, 0.25) is 5.91 Å². The lowest BCUT2D eigenvalue weighted by atomic mass is 9.84. The normalized spacial score (nSPS) is 17.8. The number of hydrogen-bond acceptors (Lipinski definition) is 2. The highest BCUT2D eigenvalue weighted by molar-refractivity contribution is 9.10. The third-order valence-electron chi connectivity index (χ3n) is 4.30. The highest BCUT2D eigenvalue weighted by Gasteiger charge is 2.34. The van der Waals surface area contributed by atoms with Crippen LogP contribution in [-0.2, 0) is 4.79 Å². The summed E-state index contributed by atoms with van der Waals surface area (Å²) in [5.41, 5.74) is 0.858. The van der Waals surface area contributed by atoms with Crippen LogP contribution in [0.3, 0.4) is 0 Å². The van der Waals surface area contributed by atoms with Crippen LogP contribution in [0.15, 0.2) is 16.6 Å². The molecule has 1 amide bonds. The molecule has 3 nitrogen and oxygen atoms in total. The summed E-state index contributed by atoms with van der Waals surface area (Å²) in [5, 5.41) is 0.233. The van der Waals surface area contributed by atoms with Crippen LogP contribution in [0, 0.1) is 24.0 Å². The summed E-state index contributed by atoms with van der Waals surface area (Å²) in [5.74, 6) is -0.899. The Hall–Kier alpha value is -1.56. The van der Waals surface area contributed by atoms with Gasteiger partial charge in [0.05, 0.1) is 10.9 Å². The molecule has 0 aliphatic carbocycles. The minimum absolute atomic E-state index is 0.0111. The smallest absolute Gasteiger partial charge is 0.228 e. The average molecular weight is 383 g/mol. The van der Waals surface area contributed by atoms with Crippen molar-refractivity contribution < 1.29 is 13.6 Å². The maximum Gasteiger partial charge on any atom is 0.228 e. The van der Waals surface area contributed by atoms with Gasteiger partial charge in [-0.15, -0.1) is 0 Å². The zero-order valence-corrected chi connectivity index (χ0v) is 14.8. The molecule has 1 aliphatic rings. The quantitative estimate of drug-likeness (QED) is 0.713. The number of aromatic nitrogens is 1. The monoisotopic (exact) mass is 382 g/mol. The van der Waals surface area contributed by atoms with Gasteiger partial charge < -0.3 is 0 Å². The number of anilines is 1. The summed E-state index contributed by atoms with van der Waals surface area (Å²) in [4.78, 5) is 18.4. The number of fused-ring (bicyclic) bond motifs is 1. The van der Waals surface area contributed by atoms with Gasteiger partial charge in [0.15, 0.2) is 0 Å². The molecule has 0 bridgehead atoms. The van der Waals surface area contributed by atoms with Crippen LogP contribution in [-0.4, -0.2) is 17.4 Å². The predicted octanol–water partition coefficient (Wildman–Crippen LogP) is 4.74. The van der Waals surface area contributed by atoms with Gasteiger partial charge in [-0.3, -0.25) is 9.69 Å². The lowest BCUT2D eigenvalue weighted by Crippen LogP contribution is -2.44. The molecule has 0 unspecified atom stereocenters. The number of carbonyl (C=O) groups excluding carboxylic acids is 1. The fourth-order valence-electron chi connectivity index (χ4n) is 2.98. The summed E-state index contributed by atoms with van der Waals surface area (Å²) in [6.45, 7) is 6.51. The van der Waals surface area contributed by atoms with Gasteiger partial charge in [-0.25, -0.2) is 13.8 Å². The van der Waals surface area contributed by atoms with Crippen molar-refractivity contribution in [2.75, 3.05) is 11.4 Å². The van der Waals surface area contributed by atoms with Gasteiger partial charge in [0, 0.05) is 35.1 Å². The molecule has 3 rings (SSSR count). The van der Waals surface area contributed by atoms with Gasteiger partial charge in [0.25, 0.3) is 0 Å². The number of halogens is 3. The molecule has 6 heteroatoms. The molecule has 0 spiro atoms. The Bertz CT molecular complexity index is 820. The van der Waals surface area contributed by atoms with Crippen LogP contribution in [0.1, 0.15) is 32.3 Å². The van der Waals surface area contributed by atoms with Gasteiger partial charge in [-0.1, -0.05) is 13.8 Å². The first-order valence-corrected chi connectivity index (χ1v) is 8.24. The van der Waals surface area contributed by atoms with E-state index in [4.69, 9.17) is 0 Å². The van der Waals surface area contributed by atoms with E-state index >= 15 is 0 Å². The molecular weight excluding hydrogens is 366 g/mol. The number of carbonyl (C=O) groups is 1. The van der Waals surface area contributed by atoms with E-state index in [1.807, 2.05) is 0 Å². The molecule has 23 heavy (non-hydrogen) atoms. The number of rotatable bonds is 1. The van der Waals surface area contributed by atoms with Crippen LogP contribution in [0.2, 0.25) is 0 Å². The number of hydrogen-bond donors (Lipinski definition) is 0. The van der Waals surface area contributed by atoms with E-state index in [1.165, 1.54) is 6.07 Å². The number of nitrogens with zero attached hydrogens (tertiary/aromatic N) is 2. The van der Waals surface area contributed by atoms with E-state index in [0.29, 0.717) is 28.8 Å². The van der Waals surface area contributed by atoms with Crippen molar-refractivity contribution in [3.8, 4) is 0 Å².